The molecule has 1 atom stereocenters. The molecule has 1 aliphatic heterocycles. The third kappa shape index (κ3) is 3.42. The monoisotopic (exact) mass is 342 g/mol. The van der Waals surface area contributed by atoms with Crippen molar-refractivity contribution in [3.05, 3.63) is 18.6 Å². The molecule has 0 bridgehead atoms. The van der Waals surface area contributed by atoms with Crippen molar-refractivity contribution < 1.29 is 18.0 Å². The number of aromatic amines is 1. The number of H-pyrrole nitrogens is 1. The maximum atomic E-state index is 12.2. The third-order valence-corrected chi connectivity index (χ3v) is 4.06. The number of amides is 1. The van der Waals surface area contributed by atoms with Gasteiger partial charge in [-0.25, -0.2) is 15.0 Å². The van der Waals surface area contributed by atoms with Crippen LogP contribution in [0.25, 0.3) is 11.0 Å². The molecule has 0 aromatic carbocycles. The molecule has 0 saturated carbocycles. The molecule has 1 amide bonds. The Bertz CT molecular complexity index is 731. The second kappa shape index (κ2) is 6.27. The number of nitrogens with zero attached hydrogens (tertiary/aromatic N) is 4. The van der Waals surface area contributed by atoms with Gasteiger partial charge in [0.25, 0.3) is 0 Å². The standard InChI is InChI=1S/C14H17F3N6O/c1-22(12-10-2-4-18-11(10)20-8-21-12)23-5-3-9(6-23)13(24)19-7-14(15,16)17/h2,4,8-9H,3,5-7H2,1H3,(H,19,24)(H,18,20,21)/t9-/m1/s1. The average Bonchev–Trinajstić information content (AvgIpc) is 3.19. The fourth-order valence-electron chi connectivity index (χ4n) is 2.81. The van der Waals surface area contributed by atoms with Gasteiger partial charge in [0.15, 0.2) is 5.82 Å². The molecule has 0 aliphatic carbocycles. The molecule has 24 heavy (non-hydrogen) atoms. The first-order valence-corrected chi connectivity index (χ1v) is 7.46. The minimum Gasteiger partial charge on any atom is -0.347 e. The Morgan fingerprint density at radius 3 is 3.04 bits per heavy atom. The maximum absolute atomic E-state index is 12.2. The Kier molecular flexibility index (Phi) is 4.31. The number of hydrogen-bond donors (Lipinski definition) is 2. The normalized spacial score (nSPS) is 18.9. The lowest BCUT2D eigenvalue weighted by molar-refractivity contribution is -0.140. The number of halogens is 3. The van der Waals surface area contributed by atoms with Crippen molar-refractivity contribution >= 4 is 22.8 Å². The molecule has 2 aromatic rings. The number of carbonyl (C=O) groups is 1. The summed E-state index contributed by atoms with van der Waals surface area (Å²) in [7, 11) is 1.81. The van der Waals surface area contributed by atoms with Crippen LogP contribution in [-0.2, 0) is 4.79 Å². The van der Waals surface area contributed by atoms with Crippen LogP contribution in [0.4, 0.5) is 19.0 Å². The van der Waals surface area contributed by atoms with Gasteiger partial charge in [0.2, 0.25) is 5.91 Å². The van der Waals surface area contributed by atoms with Gasteiger partial charge in [-0.05, 0) is 12.5 Å². The lowest BCUT2D eigenvalue weighted by atomic mass is 10.1. The van der Waals surface area contributed by atoms with E-state index in [-0.39, 0.29) is 0 Å². The van der Waals surface area contributed by atoms with Crippen molar-refractivity contribution in [1.29, 1.82) is 0 Å². The summed E-state index contributed by atoms with van der Waals surface area (Å²) in [6.07, 6.45) is -0.705. The number of alkyl halides is 3. The quantitative estimate of drug-likeness (QED) is 0.876. The second-order valence-electron chi connectivity index (χ2n) is 5.69. The second-order valence-corrected chi connectivity index (χ2v) is 5.69. The fraction of sp³-hybridized carbons (Fsp3) is 0.500. The maximum Gasteiger partial charge on any atom is 0.405 e. The molecular weight excluding hydrogens is 325 g/mol. The minimum absolute atomic E-state index is 0.343. The summed E-state index contributed by atoms with van der Waals surface area (Å²) in [4.78, 5) is 23.3. The fourth-order valence-corrected chi connectivity index (χ4v) is 2.81. The number of rotatable bonds is 4. The minimum atomic E-state index is -4.40. The Balaban J connectivity index is 1.65. The number of anilines is 1. The van der Waals surface area contributed by atoms with E-state index in [4.69, 9.17) is 0 Å². The van der Waals surface area contributed by atoms with Gasteiger partial charge in [0, 0.05) is 26.3 Å². The summed E-state index contributed by atoms with van der Waals surface area (Å²) in [5.41, 5.74) is 0.700. The molecule has 2 aromatic heterocycles. The van der Waals surface area contributed by atoms with Crippen LogP contribution in [0.5, 0.6) is 0 Å². The SMILES string of the molecule is CN(c1ncnc2[nH]ccc12)N1CC[C@@H](C(=O)NCC(F)(F)F)C1. The molecular formula is C14H17F3N6O. The van der Waals surface area contributed by atoms with E-state index in [1.54, 1.807) is 6.20 Å². The number of hydrazine groups is 1. The van der Waals surface area contributed by atoms with Gasteiger partial charge in [-0.3, -0.25) is 9.80 Å². The van der Waals surface area contributed by atoms with E-state index in [0.717, 1.165) is 5.39 Å². The molecule has 1 saturated heterocycles. The van der Waals surface area contributed by atoms with Gasteiger partial charge in [0.1, 0.15) is 18.5 Å². The highest BCUT2D eigenvalue weighted by Gasteiger charge is 2.34. The molecule has 1 aliphatic rings. The number of hydrogen-bond acceptors (Lipinski definition) is 5. The van der Waals surface area contributed by atoms with E-state index in [1.165, 1.54) is 6.33 Å². The van der Waals surface area contributed by atoms with Crippen LogP contribution in [0.1, 0.15) is 6.42 Å². The van der Waals surface area contributed by atoms with Crippen LogP contribution < -0.4 is 10.3 Å². The molecule has 0 unspecified atom stereocenters. The summed E-state index contributed by atoms with van der Waals surface area (Å²) < 4.78 is 36.6. The van der Waals surface area contributed by atoms with E-state index >= 15 is 0 Å². The lowest BCUT2D eigenvalue weighted by Gasteiger charge is -2.29. The molecule has 1 fully saturated rings. The number of aromatic nitrogens is 3. The number of carbonyl (C=O) groups excluding carboxylic acids is 1. The van der Waals surface area contributed by atoms with Crippen molar-refractivity contribution in [2.45, 2.75) is 12.6 Å². The molecule has 3 heterocycles. The van der Waals surface area contributed by atoms with Crippen LogP contribution in [0.15, 0.2) is 18.6 Å². The average molecular weight is 342 g/mol. The van der Waals surface area contributed by atoms with Gasteiger partial charge in [-0.15, -0.1) is 0 Å². The van der Waals surface area contributed by atoms with E-state index in [2.05, 4.69) is 15.0 Å². The lowest BCUT2D eigenvalue weighted by Crippen LogP contribution is -2.42. The first-order chi connectivity index (χ1) is 11.3. The summed E-state index contributed by atoms with van der Waals surface area (Å²) in [5.74, 6) is -0.367. The van der Waals surface area contributed by atoms with Gasteiger partial charge >= 0.3 is 6.18 Å². The van der Waals surface area contributed by atoms with Crippen molar-refractivity contribution in [2.24, 2.45) is 5.92 Å². The highest BCUT2D eigenvalue weighted by atomic mass is 19.4. The van der Waals surface area contributed by atoms with Crippen LogP contribution in [0.3, 0.4) is 0 Å². The summed E-state index contributed by atoms with van der Waals surface area (Å²) in [5, 5.41) is 6.50. The Hall–Kier alpha value is -2.36. The third-order valence-electron chi connectivity index (χ3n) is 4.06. The molecule has 0 spiro atoms. The number of fused-ring (bicyclic) bond motifs is 1. The smallest absolute Gasteiger partial charge is 0.347 e. The van der Waals surface area contributed by atoms with Crippen molar-refractivity contribution in [3.63, 3.8) is 0 Å². The van der Waals surface area contributed by atoms with E-state index in [9.17, 15) is 18.0 Å². The van der Waals surface area contributed by atoms with Crippen LogP contribution in [0, 0.1) is 5.92 Å². The Morgan fingerprint density at radius 1 is 1.50 bits per heavy atom. The highest BCUT2D eigenvalue weighted by molar-refractivity contribution is 5.87. The Morgan fingerprint density at radius 2 is 2.29 bits per heavy atom. The predicted octanol–water partition coefficient (Wildman–Crippen LogP) is 1.31. The molecule has 10 heteroatoms. The topological polar surface area (TPSA) is 77.2 Å². The summed E-state index contributed by atoms with van der Waals surface area (Å²) in [6, 6.07) is 1.85. The summed E-state index contributed by atoms with van der Waals surface area (Å²) >= 11 is 0. The first kappa shape index (κ1) is 16.5. The van der Waals surface area contributed by atoms with Gasteiger partial charge in [-0.2, -0.15) is 13.2 Å². The van der Waals surface area contributed by atoms with Crippen molar-refractivity contribution in [1.82, 2.24) is 25.3 Å². The van der Waals surface area contributed by atoms with Gasteiger partial charge in [-0.1, -0.05) is 0 Å². The van der Waals surface area contributed by atoms with Crippen molar-refractivity contribution in [2.75, 3.05) is 31.7 Å². The molecule has 7 nitrogen and oxygen atoms in total. The number of nitrogens with one attached hydrogen (secondary N) is 2. The largest absolute Gasteiger partial charge is 0.405 e. The highest BCUT2D eigenvalue weighted by Crippen LogP contribution is 2.26. The van der Waals surface area contributed by atoms with E-state index < -0.39 is 24.5 Å². The summed E-state index contributed by atoms with van der Waals surface area (Å²) in [6.45, 7) is -0.388. The zero-order valence-corrected chi connectivity index (χ0v) is 13.0. The van der Waals surface area contributed by atoms with Crippen LogP contribution in [0.2, 0.25) is 0 Å². The molecule has 0 radical (unpaired) electrons. The molecule has 130 valence electrons. The van der Waals surface area contributed by atoms with Gasteiger partial charge < -0.3 is 10.3 Å². The van der Waals surface area contributed by atoms with Crippen molar-refractivity contribution in [3.8, 4) is 0 Å². The van der Waals surface area contributed by atoms with E-state index in [1.807, 2.05) is 28.4 Å². The predicted molar refractivity (Wildman–Crippen MR) is 81.0 cm³/mol. The first-order valence-electron chi connectivity index (χ1n) is 7.46. The van der Waals surface area contributed by atoms with Crippen LogP contribution >= 0.6 is 0 Å². The van der Waals surface area contributed by atoms with E-state index in [0.29, 0.717) is 31.0 Å². The molecule has 3 rings (SSSR count). The zero-order valence-electron chi connectivity index (χ0n) is 13.0. The van der Waals surface area contributed by atoms with Crippen LogP contribution in [-0.4, -0.2) is 58.7 Å². The van der Waals surface area contributed by atoms with Gasteiger partial charge in [0.05, 0.1) is 11.3 Å². The molecule has 2 N–H and O–H groups in total. The Labute approximate surface area is 135 Å². The zero-order chi connectivity index (χ0) is 17.3.